The zero-order valence-electron chi connectivity index (χ0n) is 22.2. The second kappa shape index (κ2) is 11.5. The predicted molar refractivity (Wildman–Crippen MR) is 155 cm³/mol. The number of para-hydroxylation sites is 5. The van der Waals surface area contributed by atoms with Crippen molar-refractivity contribution in [1.29, 1.82) is 0 Å². The molecule has 206 valence electrons. The number of nitrogens with zero attached hydrogens (tertiary/aromatic N) is 4. The summed E-state index contributed by atoms with van der Waals surface area (Å²) in [6.45, 7) is 3.24. The van der Waals surface area contributed by atoms with E-state index >= 15 is 0 Å². The SMILES string of the molecule is COc1ccccc1N1CCN(C(=O)CSc2nc3ccccc3c(=O)n2CC2COc3ccccc3O2)CC1. The summed E-state index contributed by atoms with van der Waals surface area (Å²) in [6.07, 6.45) is -0.367. The number of hydrogen-bond acceptors (Lipinski definition) is 8. The molecule has 4 aromatic rings. The maximum Gasteiger partial charge on any atom is 0.262 e. The highest BCUT2D eigenvalue weighted by atomic mass is 32.2. The van der Waals surface area contributed by atoms with Crippen molar-refractivity contribution in [3.8, 4) is 17.2 Å². The molecule has 1 unspecified atom stereocenters. The van der Waals surface area contributed by atoms with E-state index in [1.165, 1.54) is 11.8 Å². The number of fused-ring (bicyclic) bond motifs is 2. The van der Waals surface area contributed by atoms with Gasteiger partial charge in [-0.3, -0.25) is 14.2 Å². The van der Waals surface area contributed by atoms with Crippen LogP contribution < -0.4 is 24.7 Å². The molecule has 2 aliphatic rings. The highest BCUT2D eigenvalue weighted by Gasteiger charge is 2.26. The summed E-state index contributed by atoms with van der Waals surface area (Å²) in [7, 11) is 1.67. The van der Waals surface area contributed by atoms with E-state index in [4.69, 9.17) is 19.2 Å². The van der Waals surface area contributed by atoms with Gasteiger partial charge in [0, 0.05) is 26.2 Å². The van der Waals surface area contributed by atoms with E-state index in [9.17, 15) is 9.59 Å². The van der Waals surface area contributed by atoms with Crippen molar-refractivity contribution in [1.82, 2.24) is 14.5 Å². The van der Waals surface area contributed by atoms with Gasteiger partial charge in [-0.05, 0) is 36.4 Å². The molecule has 9 nitrogen and oxygen atoms in total. The lowest BCUT2D eigenvalue weighted by atomic mass is 10.2. The van der Waals surface area contributed by atoms with E-state index in [1.54, 1.807) is 17.7 Å². The Hall–Kier alpha value is -4.18. The standard InChI is InChI=1S/C30H30N4O5S/c1-37-25-11-5-4-10-24(25)32-14-16-33(17-15-32)28(35)20-40-30-31-23-9-3-2-8-22(23)29(36)34(30)18-21-19-38-26-12-6-7-13-27(26)39-21/h2-13,21H,14-20H2,1H3. The van der Waals surface area contributed by atoms with Crippen LogP contribution in [0, 0.1) is 0 Å². The van der Waals surface area contributed by atoms with E-state index in [-0.39, 0.29) is 29.9 Å². The number of aromatic nitrogens is 2. The Morgan fingerprint density at radius 2 is 1.70 bits per heavy atom. The molecule has 1 saturated heterocycles. The summed E-state index contributed by atoms with van der Waals surface area (Å²) in [5, 5.41) is 1.02. The number of ether oxygens (including phenoxy) is 3. The Balaban J connectivity index is 1.16. The fraction of sp³-hybridized carbons (Fsp3) is 0.300. The summed E-state index contributed by atoms with van der Waals surface area (Å²) >= 11 is 1.29. The molecule has 1 fully saturated rings. The molecule has 3 aromatic carbocycles. The third kappa shape index (κ3) is 5.31. The smallest absolute Gasteiger partial charge is 0.262 e. The van der Waals surface area contributed by atoms with Crippen molar-refractivity contribution >= 4 is 34.3 Å². The zero-order chi connectivity index (χ0) is 27.5. The quantitative estimate of drug-likeness (QED) is 0.251. The van der Waals surface area contributed by atoms with Gasteiger partial charge in [0.25, 0.3) is 5.56 Å². The van der Waals surface area contributed by atoms with Crippen LogP contribution in [0.3, 0.4) is 0 Å². The number of carbonyl (C=O) groups excluding carboxylic acids is 1. The van der Waals surface area contributed by atoms with Crippen LogP contribution in [0.2, 0.25) is 0 Å². The number of methoxy groups -OCH3 is 1. The van der Waals surface area contributed by atoms with Crippen molar-refractivity contribution in [3.63, 3.8) is 0 Å². The second-order valence-electron chi connectivity index (χ2n) is 9.65. The second-order valence-corrected chi connectivity index (χ2v) is 10.6. The number of benzene rings is 3. The summed E-state index contributed by atoms with van der Waals surface area (Å²) in [5.74, 6) is 2.37. The Bertz CT molecular complexity index is 1580. The van der Waals surface area contributed by atoms with Crippen LogP contribution in [0.1, 0.15) is 0 Å². The first kappa shape index (κ1) is 26.1. The Morgan fingerprint density at radius 3 is 2.52 bits per heavy atom. The van der Waals surface area contributed by atoms with Gasteiger partial charge < -0.3 is 24.0 Å². The van der Waals surface area contributed by atoms with Crippen molar-refractivity contribution in [3.05, 3.63) is 83.2 Å². The number of thioether (sulfide) groups is 1. The van der Waals surface area contributed by atoms with Crippen LogP contribution in [0.4, 0.5) is 5.69 Å². The first-order valence-corrected chi connectivity index (χ1v) is 14.3. The molecule has 2 aliphatic heterocycles. The lowest BCUT2D eigenvalue weighted by Crippen LogP contribution is -2.49. The fourth-order valence-electron chi connectivity index (χ4n) is 5.08. The van der Waals surface area contributed by atoms with Gasteiger partial charge in [0.15, 0.2) is 22.8 Å². The lowest BCUT2D eigenvalue weighted by molar-refractivity contribution is -0.128. The van der Waals surface area contributed by atoms with Crippen LogP contribution in [0.25, 0.3) is 10.9 Å². The van der Waals surface area contributed by atoms with E-state index in [0.717, 1.165) is 24.5 Å². The molecule has 1 aromatic heterocycles. The summed E-state index contributed by atoms with van der Waals surface area (Å²) < 4.78 is 19.1. The van der Waals surface area contributed by atoms with Gasteiger partial charge in [0.2, 0.25) is 5.91 Å². The van der Waals surface area contributed by atoms with Gasteiger partial charge in [0.05, 0.1) is 36.0 Å². The highest BCUT2D eigenvalue weighted by molar-refractivity contribution is 7.99. The number of piperazine rings is 1. The zero-order valence-corrected chi connectivity index (χ0v) is 23.0. The first-order valence-electron chi connectivity index (χ1n) is 13.3. The van der Waals surface area contributed by atoms with Gasteiger partial charge in [-0.1, -0.05) is 48.2 Å². The van der Waals surface area contributed by atoms with E-state index in [1.807, 2.05) is 71.6 Å². The molecule has 10 heteroatoms. The average Bonchev–Trinajstić information content (AvgIpc) is 3.01. The molecule has 6 rings (SSSR count). The number of hydrogen-bond donors (Lipinski definition) is 0. The van der Waals surface area contributed by atoms with Crippen molar-refractivity contribution in [2.45, 2.75) is 17.8 Å². The summed E-state index contributed by atoms with van der Waals surface area (Å²) in [5.41, 5.74) is 1.48. The molecule has 0 spiro atoms. The average molecular weight is 559 g/mol. The van der Waals surface area contributed by atoms with Crippen LogP contribution in [-0.2, 0) is 11.3 Å². The molecule has 0 saturated carbocycles. The number of anilines is 1. The predicted octanol–water partition coefficient (Wildman–Crippen LogP) is 3.69. The van der Waals surface area contributed by atoms with Gasteiger partial charge in [0.1, 0.15) is 12.4 Å². The molecule has 1 amide bonds. The first-order chi connectivity index (χ1) is 19.6. The van der Waals surface area contributed by atoms with Crippen LogP contribution in [0.5, 0.6) is 17.2 Å². The van der Waals surface area contributed by atoms with Gasteiger partial charge in [-0.2, -0.15) is 0 Å². The van der Waals surface area contributed by atoms with Crippen LogP contribution in [0.15, 0.2) is 82.7 Å². The Kier molecular flexibility index (Phi) is 7.50. The van der Waals surface area contributed by atoms with Crippen molar-refractivity contribution in [2.75, 3.05) is 50.5 Å². The van der Waals surface area contributed by atoms with Gasteiger partial charge in [-0.15, -0.1) is 0 Å². The number of amides is 1. The monoisotopic (exact) mass is 558 g/mol. The normalized spacial score (nSPS) is 16.7. The summed E-state index contributed by atoms with van der Waals surface area (Å²) in [6, 6.07) is 22.7. The van der Waals surface area contributed by atoms with Crippen molar-refractivity contribution < 1.29 is 19.0 Å². The third-order valence-electron chi connectivity index (χ3n) is 7.16. The maximum atomic E-state index is 13.5. The van der Waals surface area contributed by atoms with E-state index in [2.05, 4.69) is 4.90 Å². The maximum absolute atomic E-state index is 13.5. The van der Waals surface area contributed by atoms with Crippen LogP contribution >= 0.6 is 11.8 Å². The molecular weight excluding hydrogens is 528 g/mol. The molecular formula is C30H30N4O5S. The van der Waals surface area contributed by atoms with Crippen LogP contribution in [-0.4, -0.2) is 72.1 Å². The molecule has 40 heavy (non-hydrogen) atoms. The fourth-order valence-corrected chi connectivity index (χ4v) is 5.99. The van der Waals surface area contributed by atoms with E-state index in [0.29, 0.717) is 47.3 Å². The topological polar surface area (TPSA) is 86.1 Å². The summed E-state index contributed by atoms with van der Waals surface area (Å²) in [4.78, 5) is 35.6. The minimum atomic E-state index is -0.367. The molecule has 0 aliphatic carbocycles. The largest absolute Gasteiger partial charge is 0.495 e. The van der Waals surface area contributed by atoms with Gasteiger partial charge in [-0.25, -0.2) is 4.98 Å². The minimum Gasteiger partial charge on any atom is -0.495 e. The number of carbonyl (C=O) groups is 1. The van der Waals surface area contributed by atoms with Gasteiger partial charge >= 0.3 is 0 Å². The molecule has 3 heterocycles. The molecule has 1 atom stereocenters. The minimum absolute atomic E-state index is 0.0183. The third-order valence-corrected chi connectivity index (χ3v) is 8.12. The number of rotatable bonds is 7. The Labute approximate surface area is 236 Å². The van der Waals surface area contributed by atoms with E-state index < -0.39 is 0 Å². The molecule has 0 radical (unpaired) electrons. The molecule has 0 N–H and O–H groups in total. The molecule has 0 bridgehead atoms. The highest BCUT2D eigenvalue weighted by Crippen LogP contribution is 2.32. The van der Waals surface area contributed by atoms with Crippen molar-refractivity contribution in [2.24, 2.45) is 0 Å². The lowest BCUT2D eigenvalue weighted by Gasteiger charge is -2.36. The Morgan fingerprint density at radius 1 is 0.975 bits per heavy atom.